The molecule has 0 aliphatic heterocycles. The predicted octanol–water partition coefficient (Wildman–Crippen LogP) is 0.360. The minimum Gasteiger partial charge on any atom is -0.467 e. The van der Waals surface area contributed by atoms with Crippen molar-refractivity contribution in [3.8, 4) is 6.01 Å². The Balaban J connectivity index is 2.34. The van der Waals surface area contributed by atoms with Crippen molar-refractivity contribution in [2.24, 2.45) is 0 Å². The van der Waals surface area contributed by atoms with E-state index in [0.29, 0.717) is 5.69 Å². The van der Waals surface area contributed by atoms with Gasteiger partial charge in [0.05, 0.1) is 24.3 Å². The van der Waals surface area contributed by atoms with E-state index in [4.69, 9.17) is 15.6 Å². The lowest BCUT2D eigenvalue weighted by molar-refractivity contribution is 0.273. The van der Waals surface area contributed by atoms with Gasteiger partial charge in [-0.15, -0.1) is 0 Å². The standard InChI is InChI=1S/C12H14N4O4S/c1-20-12-14-9(7-17)6-11(15-12)16-21(18,19)10-4-2-8(13)3-5-10/h2-6,17H,7,13H2,1H3,(H,14,15,16). The van der Waals surface area contributed by atoms with Gasteiger partial charge in [0.1, 0.15) is 5.82 Å². The second-order valence-corrected chi connectivity index (χ2v) is 5.75. The first kappa shape index (κ1) is 15.0. The molecule has 112 valence electrons. The van der Waals surface area contributed by atoms with E-state index < -0.39 is 10.0 Å². The van der Waals surface area contributed by atoms with Crippen molar-refractivity contribution in [1.82, 2.24) is 9.97 Å². The molecule has 0 aliphatic rings. The number of nitrogens with zero attached hydrogens (tertiary/aromatic N) is 2. The molecule has 0 amide bonds. The number of rotatable bonds is 5. The van der Waals surface area contributed by atoms with E-state index >= 15 is 0 Å². The van der Waals surface area contributed by atoms with Crippen LogP contribution < -0.4 is 15.2 Å². The summed E-state index contributed by atoms with van der Waals surface area (Å²) in [4.78, 5) is 7.76. The van der Waals surface area contributed by atoms with Crippen molar-refractivity contribution in [2.45, 2.75) is 11.5 Å². The highest BCUT2D eigenvalue weighted by molar-refractivity contribution is 7.92. The molecule has 0 radical (unpaired) electrons. The molecule has 2 rings (SSSR count). The van der Waals surface area contributed by atoms with E-state index in [1.807, 2.05) is 0 Å². The van der Waals surface area contributed by atoms with Crippen molar-refractivity contribution >= 4 is 21.5 Å². The van der Waals surface area contributed by atoms with Gasteiger partial charge in [0, 0.05) is 11.8 Å². The van der Waals surface area contributed by atoms with Gasteiger partial charge in [0.15, 0.2) is 0 Å². The van der Waals surface area contributed by atoms with Crippen molar-refractivity contribution in [3.63, 3.8) is 0 Å². The summed E-state index contributed by atoms with van der Waals surface area (Å²) in [5.41, 5.74) is 6.21. The SMILES string of the molecule is COc1nc(CO)cc(NS(=O)(=O)c2ccc(N)cc2)n1. The van der Waals surface area contributed by atoms with Crippen molar-refractivity contribution in [3.05, 3.63) is 36.0 Å². The van der Waals surface area contributed by atoms with Gasteiger partial charge < -0.3 is 15.6 Å². The van der Waals surface area contributed by atoms with E-state index in [1.54, 1.807) is 0 Å². The lowest BCUT2D eigenvalue weighted by Gasteiger charge is -2.09. The van der Waals surface area contributed by atoms with Crippen LogP contribution in [0.3, 0.4) is 0 Å². The number of benzene rings is 1. The van der Waals surface area contributed by atoms with Gasteiger partial charge >= 0.3 is 6.01 Å². The molecule has 0 saturated carbocycles. The van der Waals surface area contributed by atoms with Crippen molar-refractivity contribution in [1.29, 1.82) is 0 Å². The topological polar surface area (TPSA) is 127 Å². The Kier molecular flexibility index (Phi) is 4.24. The molecule has 0 bridgehead atoms. The van der Waals surface area contributed by atoms with E-state index in [2.05, 4.69) is 14.7 Å². The molecule has 1 heterocycles. The first-order valence-corrected chi connectivity index (χ1v) is 7.34. The molecular formula is C12H14N4O4S. The Morgan fingerprint density at radius 2 is 1.95 bits per heavy atom. The zero-order valence-corrected chi connectivity index (χ0v) is 12.0. The Hall–Kier alpha value is -2.39. The third-order valence-corrected chi connectivity index (χ3v) is 3.90. The molecule has 1 aromatic carbocycles. The largest absolute Gasteiger partial charge is 0.467 e. The summed E-state index contributed by atoms with van der Waals surface area (Å²) in [5, 5.41) is 9.09. The summed E-state index contributed by atoms with van der Waals surface area (Å²) in [6.45, 7) is -0.366. The number of anilines is 2. The molecule has 0 aliphatic carbocycles. The molecule has 1 aromatic heterocycles. The number of sulfonamides is 1. The summed E-state index contributed by atoms with van der Waals surface area (Å²) in [7, 11) is -2.47. The Morgan fingerprint density at radius 1 is 1.29 bits per heavy atom. The van der Waals surface area contributed by atoms with E-state index in [-0.39, 0.29) is 29.0 Å². The molecular weight excluding hydrogens is 296 g/mol. The maximum atomic E-state index is 12.2. The molecule has 4 N–H and O–H groups in total. The first-order valence-electron chi connectivity index (χ1n) is 5.86. The third kappa shape index (κ3) is 3.58. The minimum absolute atomic E-state index is 0.00252. The number of aliphatic hydroxyl groups excluding tert-OH is 1. The molecule has 2 aromatic rings. The molecule has 0 unspecified atom stereocenters. The number of aliphatic hydroxyl groups is 1. The number of nitrogens with two attached hydrogens (primary N) is 1. The highest BCUT2D eigenvalue weighted by Gasteiger charge is 2.16. The Morgan fingerprint density at radius 3 is 2.52 bits per heavy atom. The first-order chi connectivity index (χ1) is 9.94. The number of methoxy groups -OCH3 is 1. The average molecular weight is 310 g/mol. The van der Waals surface area contributed by atoms with Gasteiger partial charge in [-0.05, 0) is 24.3 Å². The maximum Gasteiger partial charge on any atom is 0.318 e. The van der Waals surface area contributed by atoms with E-state index in [1.165, 1.54) is 37.4 Å². The predicted molar refractivity (Wildman–Crippen MR) is 76.2 cm³/mol. The van der Waals surface area contributed by atoms with E-state index in [0.717, 1.165) is 0 Å². The highest BCUT2D eigenvalue weighted by Crippen LogP contribution is 2.18. The Bertz CT molecular complexity index is 709. The quantitative estimate of drug-likeness (QED) is 0.680. The smallest absolute Gasteiger partial charge is 0.318 e. The van der Waals surface area contributed by atoms with Crippen LogP contribution in [0.15, 0.2) is 35.2 Å². The lowest BCUT2D eigenvalue weighted by Crippen LogP contribution is -2.15. The van der Waals surface area contributed by atoms with Crippen LogP contribution in [0.2, 0.25) is 0 Å². The Labute approximate surface area is 121 Å². The lowest BCUT2D eigenvalue weighted by atomic mass is 10.3. The molecule has 8 nitrogen and oxygen atoms in total. The van der Waals surface area contributed by atoms with Crippen molar-refractivity contribution < 1.29 is 18.3 Å². The summed E-state index contributed by atoms with van der Waals surface area (Å²) < 4.78 is 31.5. The van der Waals surface area contributed by atoms with Crippen LogP contribution in [0.1, 0.15) is 5.69 Å². The van der Waals surface area contributed by atoms with Crippen LogP contribution in [-0.2, 0) is 16.6 Å². The molecule has 9 heteroatoms. The number of ether oxygens (including phenoxy) is 1. The molecule has 21 heavy (non-hydrogen) atoms. The minimum atomic E-state index is -3.81. The monoisotopic (exact) mass is 310 g/mol. The highest BCUT2D eigenvalue weighted by atomic mass is 32.2. The number of hydrogen-bond donors (Lipinski definition) is 3. The van der Waals surface area contributed by atoms with Crippen LogP contribution >= 0.6 is 0 Å². The van der Waals surface area contributed by atoms with Crippen LogP contribution in [-0.4, -0.2) is 30.6 Å². The number of hydrogen-bond acceptors (Lipinski definition) is 7. The van der Waals surface area contributed by atoms with Gasteiger partial charge in [0.25, 0.3) is 10.0 Å². The number of nitrogens with one attached hydrogen (secondary N) is 1. The fourth-order valence-corrected chi connectivity index (χ4v) is 2.53. The van der Waals surface area contributed by atoms with E-state index in [9.17, 15) is 8.42 Å². The maximum absolute atomic E-state index is 12.2. The second kappa shape index (κ2) is 5.94. The summed E-state index contributed by atoms with van der Waals surface area (Å²) in [5.74, 6) is 0.00252. The van der Waals surface area contributed by atoms with Crippen molar-refractivity contribution in [2.75, 3.05) is 17.6 Å². The number of aromatic nitrogens is 2. The fraction of sp³-hybridized carbons (Fsp3) is 0.167. The third-order valence-electron chi connectivity index (χ3n) is 2.53. The molecule has 0 saturated heterocycles. The summed E-state index contributed by atoms with van der Waals surface area (Å²) in [6, 6.07) is 6.99. The van der Waals surface area contributed by atoms with Crippen LogP contribution in [0.25, 0.3) is 0 Å². The normalized spacial score (nSPS) is 11.1. The van der Waals surface area contributed by atoms with Gasteiger partial charge in [-0.25, -0.2) is 8.42 Å². The molecule has 0 fully saturated rings. The van der Waals surface area contributed by atoms with Crippen LogP contribution in [0, 0.1) is 0 Å². The van der Waals surface area contributed by atoms with Gasteiger partial charge in [-0.2, -0.15) is 9.97 Å². The van der Waals surface area contributed by atoms with Gasteiger partial charge in [-0.1, -0.05) is 0 Å². The van der Waals surface area contributed by atoms with Crippen LogP contribution in [0.4, 0.5) is 11.5 Å². The summed E-state index contributed by atoms with van der Waals surface area (Å²) >= 11 is 0. The van der Waals surface area contributed by atoms with Gasteiger partial charge in [-0.3, -0.25) is 4.72 Å². The fourth-order valence-electron chi connectivity index (χ4n) is 1.54. The number of nitrogen functional groups attached to an aromatic ring is 1. The molecule has 0 spiro atoms. The van der Waals surface area contributed by atoms with Gasteiger partial charge in [0.2, 0.25) is 0 Å². The zero-order valence-electron chi connectivity index (χ0n) is 11.1. The van der Waals surface area contributed by atoms with Crippen LogP contribution in [0.5, 0.6) is 6.01 Å². The average Bonchev–Trinajstić information content (AvgIpc) is 2.46. The zero-order chi connectivity index (χ0) is 15.5. The summed E-state index contributed by atoms with van der Waals surface area (Å²) in [6.07, 6.45) is 0. The second-order valence-electron chi connectivity index (χ2n) is 4.06. The molecule has 0 atom stereocenters.